The highest BCUT2D eigenvalue weighted by molar-refractivity contribution is 7.89. The highest BCUT2D eigenvalue weighted by Gasteiger charge is 2.08. The van der Waals surface area contributed by atoms with E-state index in [1.165, 1.54) is 0 Å². The fraction of sp³-hybridized carbons (Fsp3) is 1.00. The molecule has 0 radical (unpaired) electrons. The van der Waals surface area contributed by atoms with Crippen molar-refractivity contribution in [2.45, 2.75) is 25.7 Å². The Bertz CT molecular complexity index is 266. The van der Waals surface area contributed by atoms with Crippen molar-refractivity contribution in [1.29, 1.82) is 0 Å². The van der Waals surface area contributed by atoms with Crippen LogP contribution in [0.5, 0.6) is 0 Å². The van der Waals surface area contributed by atoms with Crippen molar-refractivity contribution in [2.75, 3.05) is 46.5 Å². The van der Waals surface area contributed by atoms with Crippen molar-refractivity contribution in [3.8, 4) is 0 Å². The molecule has 0 fully saturated rings. The second-order valence-corrected chi connectivity index (χ2v) is 6.46. The van der Waals surface area contributed by atoms with Crippen LogP contribution in [-0.4, -0.2) is 59.8 Å². The highest BCUT2D eigenvalue weighted by atomic mass is 32.2. The van der Waals surface area contributed by atoms with E-state index in [1.807, 2.05) is 21.1 Å². The van der Waals surface area contributed by atoms with Crippen LogP contribution in [0.15, 0.2) is 0 Å². The zero-order chi connectivity index (χ0) is 13.1. The van der Waals surface area contributed by atoms with Crippen LogP contribution >= 0.6 is 0 Å². The summed E-state index contributed by atoms with van der Waals surface area (Å²) in [5, 5.41) is 3.00. The molecule has 0 heterocycles. The van der Waals surface area contributed by atoms with Gasteiger partial charge in [-0.1, -0.05) is 0 Å². The molecule has 0 aromatic rings. The van der Waals surface area contributed by atoms with E-state index in [0.717, 1.165) is 32.4 Å². The summed E-state index contributed by atoms with van der Waals surface area (Å²) in [6, 6.07) is 0. The number of nitrogens with one attached hydrogen (secondary N) is 2. The summed E-state index contributed by atoms with van der Waals surface area (Å²) >= 11 is 0. The van der Waals surface area contributed by atoms with Gasteiger partial charge in [-0.05, 0) is 59.9 Å². The molecule has 0 saturated heterocycles. The third-order valence-electron chi connectivity index (χ3n) is 2.44. The smallest absolute Gasteiger partial charge is 0.211 e. The molecule has 0 bridgehead atoms. The number of hydrogen-bond acceptors (Lipinski definition) is 4. The Labute approximate surface area is 106 Å². The summed E-state index contributed by atoms with van der Waals surface area (Å²) in [6.45, 7) is 2.43. The van der Waals surface area contributed by atoms with E-state index in [9.17, 15) is 8.42 Å². The van der Waals surface area contributed by atoms with Crippen molar-refractivity contribution < 1.29 is 8.42 Å². The van der Waals surface area contributed by atoms with Crippen LogP contribution in [0.2, 0.25) is 0 Å². The monoisotopic (exact) mass is 265 g/mol. The van der Waals surface area contributed by atoms with Gasteiger partial charge in [-0.2, -0.15) is 0 Å². The Kier molecular flexibility index (Phi) is 9.72. The average molecular weight is 265 g/mol. The van der Waals surface area contributed by atoms with Crippen LogP contribution in [-0.2, 0) is 10.0 Å². The number of rotatable bonds is 11. The summed E-state index contributed by atoms with van der Waals surface area (Å²) in [4.78, 5) is 2.10. The number of nitrogens with zero attached hydrogens (tertiary/aromatic N) is 1. The second-order valence-electron chi connectivity index (χ2n) is 4.53. The maximum atomic E-state index is 11.5. The van der Waals surface area contributed by atoms with Crippen LogP contribution in [0, 0.1) is 0 Å². The Morgan fingerprint density at radius 3 is 2.24 bits per heavy atom. The molecular weight excluding hydrogens is 238 g/mol. The van der Waals surface area contributed by atoms with Gasteiger partial charge >= 0.3 is 0 Å². The Morgan fingerprint density at radius 1 is 1.00 bits per heavy atom. The molecule has 0 atom stereocenters. The summed E-state index contributed by atoms with van der Waals surface area (Å²) in [5.74, 6) is 0.238. The molecule has 5 nitrogen and oxygen atoms in total. The SMILES string of the molecule is CNCCCCS(=O)(=O)NCCCCN(C)C. The van der Waals surface area contributed by atoms with Gasteiger partial charge in [0.2, 0.25) is 10.0 Å². The van der Waals surface area contributed by atoms with Crippen LogP contribution in [0.4, 0.5) is 0 Å². The lowest BCUT2D eigenvalue weighted by Crippen LogP contribution is -2.28. The van der Waals surface area contributed by atoms with Crippen LogP contribution in [0.1, 0.15) is 25.7 Å². The standard InChI is InChI=1S/C11H27N3O2S/c1-12-8-5-7-11-17(15,16)13-9-4-6-10-14(2)3/h12-13H,4-11H2,1-3H3. The van der Waals surface area contributed by atoms with Gasteiger partial charge < -0.3 is 10.2 Å². The van der Waals surface area contributed by atoms with Gasteiger partial charge in [-0.3, -0.25) is 0 Å². The van der Waals surface area contributed by atoms with Crippen molar-refractivity contribution in [3.63, 3.8) is 0 Å². The molecule has 0 aromatic carbocycles. The van der Waals surface area contributed by atoms with Gasteiger partial charge in [0.15, 0.2) is 0 Å². The van der Waals surface area contributed by atoms with E-state index < -0.39 is 10.0 Å². The maximum absolute atomic E-state index is 11.5. The van der Waals surface area contributed by atoms with E-state index in [0.29, 0.717) is 13.0 Å². The molecule has 2 N–H and O–H groups in total. The molecule has 6 heteroatoms. The van der Waals surface area contributed by atoms with E-state index in [1.54, 1.807) is 0 Å². The zero-order valence-corrected chi connectivity index (χ0v) is 12.1. The van der Waals surface area contributed by atoms with E-state index in [-0.39, 0.29) is 5.75 Å². The largest absolute Gasteiger partial charge is 0.320 e. The summed E-state index contributed by atoms with van der Waals surface area (Å²) in [5.41, 5.74) is 0. The molecule has 0 rings (SSSR count). The molecule has 0 amide bonds. The lowest BCUT2D eigenvalue weighted by atomic mass is 10.3. The van der Waals surface area contributed by atoms with E-state index in [2.05, 4.69) is 14.9 Å². The minimum Gasteiger partial charge on any atom is -0.320 e. The Balaban J connectivity index is 3.51. The minimum atomic E-state index is -3.05. The van der Waals surface area contributed by atoms with Gasteiger partial charge in [-0.25, -0.2) is 13.1 Å². The molecule has 0 aliphatic carbocycles. The van der Waals surface area contributed by atoms with Gasteiger partial charge in [0.25, 0.3) is 0 Å². The summed E-state index contributed by atoms with van der Waals surface area (Å²) in [6.07, 6.45) is 3.54. The molecule has 0 aromatic heterocycles. The molecule has 0 unspecified atom stereocenters. The molecule has 0 spiro atoms. The predicted octanol–water partition coefficient (Wildman–Crippen LogP) is 0.247. The fourth-order valence-electron chi connectivity index (χ4n) is 1.45. The second kappa shape index (κ2) is 9.82. The molecule has 0 saturated carbocycles. The Morgan fingerprint density at radius 2 is 1.65 bits per heavy atom. The number of hydrogen-bond donors (Lipinski definition) is 2. The van der Waals surface area contributed by atoms with Crippen molar-refractivity contribution in [1.82, 2.24) is 14.9 Å². The van der Waals surface area contributed by atoms with Crippen molar-refractivity contribution in [3.05, 3.63) is 0 Å². The quantitative estimate of drug-likeness (QED) is 0.526. The van der Waals surface area contributed by atoms with Crippen LogP contribution < -0.4 is 10.0 Å². The third kappa shape index (κ3) is 12.1. The first-order valence-electron chi connectivity index (χ1n) is 6.24. The molecule has 0 aliphatic rings. The summed E-state index contributed by atoms with van der Waals surface area (Å²) < 4.78 is 25.7. The normalized spacial score (nSPS) is 12.2. The minimum absolute atomic E-state index is 0.238. The number of sulfonamides is 1. The molecular formula is C11H27N3O2S. The average Bonchev–Trinajstić information content (AvgIpc) is 2.23. The van der Waals surface area contributed by atoms with Crippen LogP contribution in [0.3, 0.4) is 0 Å². The predicted molar refractivity (Wildman–Crippen MR) is 72.7 cm³/mol. The first-order chi connectivity index (χ1) is 7.98. The first kappa shape index (κ1) is 16.8. The summed E-state index contributed by atoms with van der Waals surface area (Å²) in [7, 11) is 2.86. The van der Waals surface area contributed by atoms with Gasteiger partial charge in [0.05, 0.1) is 5.75 Å². The van der Waals surface area contributed by atoms with Gasteiger partial charge in [-0.15, -0.1) is 0 Å². The van der Waals surface area contributed by atoms with E-state index in [4.69, 9.17) is 0 Å². The maximum Gasteiger partial charge on any atom is 0.211 e. The highest BCUT2D eigenvalue weighted by Crippen LogP contribution is 1.95. The lowest BCUT2D eigenvalue weighted by molar-refractivity contribution is 0.394. The lowest BCUT2D eigenvalue weighted by Gasteiger charge is -2.09. The Hall–Kier alpha value is -0.170. The van der Waals surface area contributed by atoms with Gasteiger partial charge in [0, 0.05) is 6.54 Å². The topological polar surface area (TPSA) is 61.4 Å². The zero-order valence-electron chi connectivity index (χ0n) is 11.3. The van der Waals surface area contributed by atoms with Crippen molar-refractivity contribution >= 4 is 10.0 Å². The van der Waals surface area contributed by atoms with Crippen molar-refractivity contribution in [2.24, 2.45) is 0 Å². The van der Waals surface area contributed by atoms with Gasteiger partial charge in [0.1, 0.15) is 0 Å². The number of unbranched alkanes of at least 4 members (excludes halogenated alkanes) is 2. The fourth-order valence-corrected chi connectivity index (χ4v) is 2.63. The first-order valence-corrected chi connectivity index (χ1v) is 7.90. The third-order valence-corrected chi connectivity index (χ3v) is 3.91. The molecule has 104 valence electrons. The molecule has 17 heavy (non-hydrogen) atoms. The van der Waals surface area contributed by atoms with E-state index >= 15 is 0 Å². The molecule has 0 aliphatic heterocycles. The van der Waals surface area contributed by atoms with Crippen LogP contribution in [0.25, 0.3) is 0 Å².